The van der Waals surface area contributed by atoms with Crippen LogP contribution in [0.3, 0.4) is 0 Å². The molecule has 1 aliphatic heterocycles. The molecule has 4 heteroatoms. The lowest BCUT2D eigenvalue weighted by molar-refractivity contribution is -0.130. The molecule has 1 aliphatic rings. The Hall–Kier alpha value is -1.06. The summed E-state index contributed by atoms with van der Waals surface area (Å²) in [5.74, 6) is 0.217. The van der Waals surface area contributed by atoms with E-state index in [1.165, 1.54) is 0 Å². The number of likely N-dealkylation sites (tertiary alicyclic amines) is 1. The highest BCUT2D eigenvalue weighted by molar-refractivity contribution is 5.82. The molecule has 0 saturated carbocycles. The summed E-state index contributed by atoms with van der Waals surface area (Å²) < 4.78 is 0. The Kier molecular flexibility index (Phi) is 4.12. The first-order chi connectivity index (χ1) is 7.04. The summed E-state index contributed by atoms with van der Waals surface area (Å²) in [6.45, 7) is 7.06. The van der Waals surface area contributed by atoms with Gasteiger partial charge in [0.2, 0.25) is 11.8 Å². The van der Waals surface area contributed by atoms with E-state index >= 15 is 0 Å². The zero-order valence-corrected chi connectivity index (χ0v) is 9.75. The molecule has 1 rings (SSSR count). The molecule has 0 bridgehead atoms. The first-order valence-electron chi connectivity index (χ1n) is 5.62. The Morgan fingerprint density at radius 3 is 2.67 bits per heavy atom. The predicted molar refractivity (Wildman–Crippen MR) is 58.3 cm³/mol. The smallest absolute Gasteiger partial charge is 0.225 e. The highest BCUT2D eigenvalue weighted by atomic mass is 16.2. The van der Waals surface area contributed by atoms with Crippen molar-refractivity contribution in [1.82, 2.24) is 10.2 Å². The van der Waals surface area contributed by atoms with Crippen LogP contribution in [-0.2, 0) is 9.59 Å². The van der Waals surface area contributed by atoms with E-state index in [0.717, 1.165) is 13.0 Å². The first-order valence-corrected chi connectivity index (χ1v) is 5.62. The number of nitrogens with zero attached hydrogens (tertiary/aromatic N) is 1. The second-order valence-electron chi connectivity index (χ2n) is 4.34. The zero-order valence-electron chi connectivity index (χ0n) is 9.75. The molecule has 0 spiro atoms. The van der Waals surface area contributed by atoms with Crippen molar-refractivity contribution < 1.29 is 9.59 Å². The topological polar surface area (TPSA) is 49.4 Å². The van der Waals surface area contributed by atoms with Crippen molar-refractivity contribution in [2.24, 2.45) is 5.92 Å². The van der Waals surface area contributed by atoms with Crippen molar-refractivity contribution in [3.8, 4) is 0 Å². The van der Waals surface area contributed by atoms with Gasteiger partial charge in [-0.25, -0.2) is 0 Å². The fourth-order valence-electron chi connectivity index (χ4n) is 1.83. The molecule has 15 heavy (non-hydrogen) atoms. The summed E-state index contributed by atoms with van der Waals surface area (Å²) in [6, 6.07) is 0.174. The Labute approximate surface area is 91.0 Å². The van der Waals surface area contributed by atoms with Gasteiger partial charge < -0.3 is 10.2 Å². The van der Waals surface area contributed by atoms with E-state index < -0.39 is 0 Å². The summed E-state index contributed by atoms with van der Waals surface area (Å²) in [7, 11) is 0. The SMILES string of the molecule is CCC(=O)N1CCC(C(=O)NC(C)C)C1. The van der Waals surface area contributed by atoms with Gasteiger partial charge >= 0.3 is 0 Å². The van der Waals surface area contributed by atoms with Gasteiger partial charge in [-0.05, 0) is 20.3 Å². The lowest BCUT2D eigenvalue weighted by Crippen LogP contribution is -2.37. The summed E-state index contributed by atoms with van der Waals surface area (Å²) in [5, 5.41) is 2.89. The Morgan fingerprint density at radius 2 is 2.13 bits per heavy atom. The third-order valence-electron chi connectivity index (χ3n) is 2.65. The molecule has 1 N–H and O–H groups in total. The molecule has 1 heterocycles. The molecule has 1 unspecified atom stereocenters. The third-order valence-corrected chi connectivity index (χ3v) is 2.65. The first kappa shape index (κ1) is 12.0. The third kappa shape index (κ3) is 3.22. The minimum absolute atomic E-state index is 0.0112. The van der Waals surface area contributed by atoms with Gasteiger partial charge in [0, 0.05) is 25.6 Å². The highest BCUT2D eigenvalue weighted by Gasteiger charge is 2.30. The zero-order chi connectivity index (χ0) is 11.4. The Bertz CT molecular complexity index is 251. The van der Waals surface area contributed by atoms with Crippen molar-refractivity contribution in [1.29, 1.82) is 0 Å². The molecule has 0 aromatic heterocycles. The van der Waals surface area contributed by atoms with Crippen LogP contribution in [0.5, 0.6) is 0 Å². The van der Waals surface area contributed by atoms with Crippen LogP contribution in [0, 0.1) is 5.92 Å². The van der Waals surface area contributed by atoms with Gasteiger partial charge in [0.05, 0.1) is 5.92 Å². The monoisotopic (exact) mass is 212 g/mol. The number of amides is 2. The van der Waals surface area contributed by atoms with Crippen LogP contribution in [0.4, 0.5) is 0 Å². The maximum Gasteiger partial charge on any atom is 0.225 e. The molecule has 1 fully saturated rings. The van der Waals surface area contributed by atoms with Gasteiger partial charge in [-0.2, -0.15) is 0 Å². The molecule has 0 aromatic rings. The van der Waals surface area contributed by atoms with Crippen LogP contribution < -0.4 is 5.32 Å². The standard InChI is InChI=1S/C11H20N2O2/c1-4-10(14)13-6-5-9(7-13)11(15)12-8(2)3/h8-9H,4-7H2,1-3H3,(H,12,15). The number of carbonyl (C=O) groups is 2. The average molecular weight is 212 g/mol. The molecule has 0 aliphatic carbocycles. The van der Waals surface area contributed by atoms with Gasteiger partial charge in [-0.3, -0.25) is 9.59 Å². The van der Waals surface area contributed by atoms with Crippen LogP contribution in [0.25, 0.3) is 0 Å². The summed E-state index contributed by atoms with van der Waals surface area (Å²) in [4.78, 5) is 24.8. The maximum atomic E-state index is 11.7. The van der Waals surface area contributed by atoms with E-state index in [0.29, 0.717) is 13.0 Å². The second kappa shape index (κ2) is 5.14. The normalized spacial score (nSPS) is 20.8. The van der Waals surface area contributed by atoms with E-state index in [4.69, 9.17) is 0 Å². The van der Waals surface area contributed by atoms with Gasteiger partial charge in [0.15, 0.2) is 0 Å². The lowest BCUT2D eigenvalue weighted by Gasteiger charge is -2.16. The number of hydrogen-bond acceptors (Lipinski definition) is 2. The fourth-order valence-corrected chi connectivity index (χ4v) is 1.83. The number of carbonyl (C=O) groups excluding carboxylic acids is 2. The quantitative estimate of drug-likeness (QED) is 0.751. The number of rotatable bonds is 3. The van der Waals surface area contributed by atoms with Crippen molar-refractivity contribution in [3.05, 3.63) is 0 Å². The van der Waals surface area contributed by atoms with Gasteiger partial charge in [0.25, 0.3) is 0 Å². The van der Waals surface area contributed by atoms with Crippen molar-refractivity contribution in [2.45, 2.75) is 39.7 Å². The molecule has 0 aromatic carbocycles. The molecule has 86 valence electrons. The molecule has 4 nitrogen and oxygen atoms in total. The van der Waals surface area contributed by atoms with Gasteiger partial charge in [-0.1, -0.05) is 6.92 Å². The minimum atomic E-state index is -0.0112. The van der Waals surface area contributed by atoms with Crippen LogP contribution in [0.1, 0.15) is 33.6 Å². The molecule has 2 amide bonds. The van der Waals surface area contributed by atoms with E-state index in [-0.39, 0.29) is 23.8 Å². The summed E-state index contributed by atoms with van der Waals surface area (Å²) >= 11 is 0. The van der Waals surface area contributed by atoms with Crippen molar-refractivity contribution in [2.75, 3.05) is 13.1 Å². The number of nitrogens with one attached hydrogen (secondary N) is 1. The highest BCUT2D eigenvalue weighted by Crippen LogP contribution is 2.17. The molecular formula is C11H20N2O2. The largest absolute Gasteiger partial charge is 0.354 e. The van der Waals surface area contributed by atoms with Crippen LogP contribution in [0.15, 0.2) is 0 Å². The second-order valence-corrected chi connectivity index (χ2v) is 4.34. The minimum Gasteiger partial charge on any atom is -0.354 e. The van der Waals surface area contributed by atoms with E-state index in [9.17, 15) is 9.59 Å². The van der Waals surface area contributed by atoms with Crippen molar-refractivity contribution in [3.63, 3.8) is 0 Å². The molecular weight excluding hydrogens is 192 g/mol. The van der Waals surface area contributed by atoms with E-state index in [2.05, 4.69) is 5.32 Å². The van der Waals surface area contributed by atoms with Crippen LogP contribution >= 0.6 is 0 Å². The fraction of sp³-hybridized carbons (Fsp3) is 0.818. The predicted octanol–water partition coefficient (Wildman–Crippen LogP) is 0.769. The van der Waals surface area contributed by atoms with Gasteiger partial charge in [-0.15, -0.1) is 0 Å². The van der Waals surface area contributed by atoms with Crippen LogP contribution in [0.2, 0.25) is 0 Å². The maximum absolute atomic E-state index is 11.7. The number of hydrogen-bond donors (Lipinski definition) is 1. The van der Waals surface area contributed by atoms with Crippen molar-refractivity contribution >= 4 is 11.8 Å². The molecule has 0 radical (unpaired) electrons. The van der Waals surface area contributed by atoms with E-state index in [1.54, 1.807) is 4.90 Å². The van der Waals surface area contributed by atoms with Crippen LogP contribution in [-0.4, -0.2) is 35.8 Å². The molecule has 1 atom stereocenters. The Morgan fingerprint density at radius 1 is 1.47 bits per heavy atom. The summed E-state index contributed by atoms with van der Waals surface area (Å²) in [6.07, 6.45) is 1.32. The Balaban J connectivity index is 2.42. The van der Waals surface area contributed by atoms with Gasteiger partial charge in [0.1, 0.15) is 0 Å². The lowest BCUT2D eigenvalue weighted by atomic mass is 10.1. The molecule has 1 saturated heterocycles. The summed E-state index contributed by atoms with van der Waals surface area (Å²) in [5.41, 5.74) is 0. The average Bonchev–Trinajstić information content (AvgIpc) is 2.64. The van der Waals surface area contributed by atoms with E-state index in [1.807, 2.05) is 20.8 Å².